The summed E-state index contributed by atoms with van der Waals surface area (Å²) in [5.74, 6) is -0.432. The van der Waals surface area contributed by atoms with Crippen molar-refractivity contribution in [3.05, 3.63) is 70.7 Å². The van der Waals surface area contributed by atoms with Crippen LogP contribution in [0, 0.1) is 24.1 Å². The van der Waals surface area contributed by atoms with Crippen LogP contribution in [-0.4, -0.2) is 29.9 Å². The molecule has 0 atom stereocenters. The van der Waals surface area contributed by atoms with Crippen LogP contribution in [-0.2, 0) is 6.54 Å². The average molecular weight is 362 g/mol. The number of nitrogens with zero attached hydrogens (tertiary/aromatic N) is 3. The highest BCUT2D eigenvalue weighted by Gasteiger charge is 2.12. The molecule has 1 amide bonds. The van der Waals surface area contributed by atoms with E-state index in [1.807, 2.05) is 12.1 Å². The molecule has 0 saturated heterocycles. The molecule has 136 valence electrons. The first-order chi connectivity index (χ1) is 12.9. The molecule has 0 aliphatic rings. The summed E-state index contributed by atoms with van der Waals surface area (Å²) in [5.41, 5.74) is 3.82. The van der Waals surface area contributed by atoms with Crippen molar-refractivity contribution in [3.63, 3.8) is 0 Å². The number of benzene rings is 2. The van der Waals surface area contributed by atoms with Crippen molar-refractivity contribution in [2.24, 2.45) is 0 Å². The van der Waals surface area contributed by atoms with E-state index in [1.54, 1.807) is 33.2 Å². The monoisotopic (exact) mass is 362 g/mol. The van der Waals surface area contributed by atoms with E-state index < -0.39 is 0 Å². The minimum Gasteiger partial charge on any atom is -0.379 e. The van der Waals surface area contributed by atoms with Gasteiger partial charge in [-0.15, -0.1) is 0 Å². The number of nitrogens with one attached hydrogen (secondary N) is 1. The molecule has 0 unspecified atom stereocenters. The van der Waals surface area contributed by atoms with Gasteiger partial charge in [-0.1, -0.05) is 12.1 Å². The molecule has 1 heterocycles. The zero-order chi connectivity index (χ0) is 19.6. The van der Waals surface area contributed by atoms with Crippen LogP contribution < -0.4 is 5.32 Å². The predicted molar refractivity (Wildman–Crippen MR) is 103 cm³/mol. The Bertz CT molecular complexity index is 1050. The number of rotatable bonds is 4. The smallest absolute Gasteiger partial charge is 0.253 e. The number of aromatic nitrogens is 1. The van der Waals surface area contributed by atoms with Crippen LogP contribution in [0.1, 0.15) is 27.0 Å². The SMILES string of the molecule is Cc1cc(F)cc2c(NCc3ccc(C(=O)N(C)C)cc3)c(C#N)cnc12. The molecule has 0 aliphatic carbocycles. The Morgan fingerprint density at radius 3 is 2.59 bits per heavy atom. The van der Waals surface area contributed by atoms with Crippen molar-refractivity contribution in [3.8, 4) is 6.07 Å². The third kappa shape index (κ3) is 3.72. The highest BCUT2D eigenvalue weighted by atomic mass is 19.1. The van der Waals surface area contributed by atoms with Gasteiger partial charge in [-0.05, 0) is 42.3 Å². The molecule has 6 heteroatoms. The van der Waals surface area contributed by atoms with Gasteiger partial charge in [0.25, 0.3) is 5.91 Å². The largest absolute Gasteiger partial charge is 0.379 e. The summed E-state index contributed by atoms with van der Waals surface area (Å²) in [4.78, 5) is 17.8. The molecule has 0 bridgehead atoms. The minimum atomic E-state index is -0.369. The summed E-state index contributed by atoms with van der Waals surface area (Å²) < 4.78 is 13.9. The molecule has 0 saturated carbocycles. The van der Waals surface area contributed by atoms with Gasteiger partial charge in [-0.25, -0.2) is 4.39 Å². The number of anilines is 1. The highest BCUT2D eigenvalue weighted by Crippen LogP contribution is 2.29. The lowest BCUT2D eigenvalue weighted by Crippen LogP contribution is -2.21. The van der Waals surface area contributed by atoms with Crippen molar-refractivity contribution in [1.82, 2.24) is 9.88 Å². The number of pyridine rings is 1. The number of amides is 1. The van der Waals surface area contributed by atoms with Gasteiger partial charge < -0.3 is 10.2 Å². The normalized spacial score (nSPS) is 10.5. The number of carbonyl (C=O) groups is 1. The van der Waals surface area contributed by atoms with E-state index in [1.165, 1.54) is 23.2 Å². The number of halogens is 1. The third-order valence-corrected chi connectivity index (χ3v) is 4.32. The molecule has 5 nitrogen and oxygen atoms in total. The molecule has 1 N–H and O–H groups in total. The van der Waals surface area contributed by atoms with Crippen molar-refractivity contribution in [2.75, 3.05) is 19.4 Å². The van der Waals surface area contributed by atoms with Gasteiger partial charge in [0.1, 0.15) is 11.9 Å². The van der Waals surface area contributed by atoms with E-state index in [9.17, 15) is 14.4 Å². The van der Waals surface area contributed by atoms with Crippen LogP contribution in [0.15, 0.2) is 42.6 Å². The van der Waals surface area contributed by atoms with Gasteiger partial charge in [0, 0.05) is 37.8 Å². The second-order valence-electron chi connectivity index (χ2n) is 6.53. The predicted octanol–water partition coefficient (Wildman–Crippen LogP) is 3.87. The fourth-order valence-electron chi connectivity index (χ4n) is 2.93. The highest BCUT2D eigenvalue weighted by molar-refractivity contribution is 5.96. The van der Waals surface area contributed by atoms with Gasteiger partial charge in [0.05, 0.1) is 16.8 Å². The van der Waals surface area contributed by atoms with Crippen LogP contribution in [0.2, 0.25) is 0 Å². The summed E-state index contributed by atoms with van der Waals surface area (Å²) in [6.45, 7) is 2.22. The molecular weight excluding hydrogens is 343 g/mol. The average Bonchev–Trinajstić information content (AvgIpc) is 2.65. The molecule has 0 radical (unpaired) electrons. The summed E-state index contributed by atoms with van der Waals surface area (Å²) in [6, 6.07) is 12.1. The van der Waals surface area contributed by atoms with E-state index in [4.69, 9.17) is 0 Å². The van der Waals surface area contributed by atoms with E-state index in [0.29, 0.717) is 39.8 Å². The van der Waals surface area contributed by atoms with Gasteiger partial charge in [0.2, 0.25) is 0 Å². The van der Waals surface area contributed by atoms with Crippen LogP contribution in [0.25, 0.3) is 10.9 Å². The quantitative estimate of drug-likeness (QED) is 0.765. The second kappa shape index (κ2) is 7.42. The lowest BCUT2D eigenvalue weighted by atomic mass is 10.1. The minimum absolute atomic E-state index is 0.0626. The van der Waals surface area contributed by atoms with Gasteiger partial charge in [-0.3, -0.25) is 9.78 Å². The van der Waals surface area contributed by atoms with Gasteiger partial charge in [-0.2, -0.15) is 5.26 Å². The van der Waals surface area contributed by atoms with Gasteiger partial charge >= 0.3 is 0 Å². The molecule has 1 aromatic heterocycles. The maximum Gasteiger partial charge on any atom is 0.253 e. The Labute approximate surface area is 157 Å². The zero-order valence-electron chi connectivity index (χ0n) is 15.4. The van der Waals surface area contributed by atoms with Crippen LogP contribution in [0.5, 0.6) is 0 Å². The molecule has 3 aromatic rings. The first-order valence-electron chi connectivity index (χ1n) is 8.44. The van der Waals surface area contributed by atoms with Crippen molar-refractivity contribution in [2.45, 2.75) is 13.5 Å². The van der Waals surface area contributed by atoms with Gasteiger partial charge in [0.15, 0.2) is 0 Å². The Hall–Kier alpha value is -3.46. The Morgan fingerprint density at radius 1 is 1.26 bits per heavy atom. The van der Waals surface area contributed by atoms with Crippen LogP contribution in [0.3, 0.4) is 0 Å². The van der Waals surface area contributed by atoms with E-state index in [2.05, 4.69) is 16.4 Å². The molecule has 0 aliphatic heterocycles. The fraction of sp³-hybridized carbons (Fsp3) is 0.190. The number of carbonyl (C=O) groups excluding carboxylic acids is 1. The van der Waals surface area contributed by atoms with Crippen LogP contribution >= 0.6 is 0 Å². The molecule has 0 spiro atoms. The number of hydrogen-bond donors (Lipinski definition) is 1. The third-order valence-electron chi connectivity index (χ3n) is 4.32. The Kier molecular flexibility index (Phi) is 5.04. The molecule has 3 rings (SSSR count). The summed E-state index contributed by atoms with van der Waals surface area (Å²) in [5, 5.41) is 13.2. The molecule has 0 fully saturated rings. The van der Waals surface area contributed by atoms with Crippen molar-refractivity contribution in [1.29, 1.82) is 5.26 Å². The number of fused-ring (bicyclic) bond motifs is 1. The lowest BCUT2D eigenvalue weighted by Gasteiger charge is -2.14. The number of nitriles is 1. The summed E-state index contributed by atoms with van der Waals surface area (Å²) in [7, 11) is 3.41. The fourth-order valence-corrected chi connectivity index (χ4v) is 2.93. The number of aryl methyl sites for hydroxylation is 1. The number of hydrogen-bond acceptors (Lipinski definition) is 4. The van der Waals surface area contributed by atoms with E-state index in [-0.39, 0.29) is 11.7 Å². The Morgan fingerprint density at radius 2 is 1.96 bits per heavy atom. The standard InChI is InChI=1S/C21H19FN4O/c1-13-8-17(22)9-18-19(13)25-12-16(10-23)20(18)24-11-14-4-6-15(7-5-14)21(27)26(2)3/h4-9,12H,11H2,1-3H3,(H,24,25). The summed E-state index contributed by atoms with van der Waals surface area (Å²) >= 11 is 0. The lowest BCUT2D eigenvalue weighted by molar-refractivity contribution is 0.0827. The van der Waals surface area contributed by atoms with Crippen molar-refractivity contribution >= 4 is 22.5 Å². The topological polar surface area (TPSA) is 69.0 Å². The first kappa shape index (κ1) is 18.3. The maximum absolute atomic E-state index is 13.9. The van der Waals surface area contributed by atoms with Crippen molar-refractivity contribution < 1.29 is 9.18 Å². The second-order valence-corrected chi connectivity index (χ2v) is 6.53. The molecule has 27 heavy (non-hydrogen) atoms. The Balaban J connectivity index is 1.91. The first-order valence-corrected chi connectivity index (χ1v) is 8.44. The van der Waals surface area contributed by atoms with E-state index in [0.717, 1.165) is 5.56 Å². The molecular formula is C21H19FN4O. The summed E-state index contributed by atoms with van der Waals surface area (Å²) in [6.07, 6.45) is 1.49. The maximum atomic E-state index is 13.9. The van der Waals surface area contributed by atoms with E-state index >= 15 is 0 Å². The zero-order valence-corrected chi connectivity index (χ0v) is 15.4. The van der Waals surface area contributed by atoms with Crippen LogP contribution in [0.4, 0.5) is 10.1 Å². The molecule has 2 aromatic carbocycles.